The summed E-state index contributed by atoms with van der Waals surface area (Å²) in [6, 6.07) is 5.26. The van der Waals surface area contributed by atoms with Gasteiger partial charge in [-0.3, -0.25) is 9.78 Å². The van der Waals surface area contributed by atoms with Crippen molar-refractivity contribution in [2.75, 3.05) is 0 Å². The Morgan fingerprint density at radius 1 is 1.31 bits per heavy atom. The molecule has 0 spiro atoms. The largest absolute Gasteiger partial charge is 0.304 e. The molecule has 0 saturated heterocycles. The molecule has 2 heterocycles. The number of nitrogens with one attached hydrogen (secondary N) is 1. The highest BCUT2D eigenvalue weighted by molar-refractivity contribution is 9.10. The third-order valence-electron chi connectivity index (χ3n) is 1.89. The molecule has 0 aliphatic heterocycles. The van der Waals surface area contributed by atoms with E-state index >= 15 is 0 Å². The number of aromatic nitrogens is 3. The first kappa shape index (κ1) is 10.5. The molecule has 0 atom stereocenters. The van der Waals surface area contributed by atoms with Gasteiger partial charge in [0.05, 0.1) is 6.20 Å². The molecular weight excluding hydrogens is 272 g/mol. The summed E-state index contributed by atoms with van der Waals surface area (Å²) in [6.07, 6.45) is 2.84. The Kier molecular flexibility index (Phi) is 2.79. The van der Waals surface area contributed by atoms with Gasteiger partial charge in [-0.15, -0.1) is 0 Å². The highest BCUT2D eigenvalue weighted by Gasteiger charge is 2.04. The fraction of sp³-hybridized carbons (Fsp3) is 0. The topological polar surface area (TPSA) is 82.4 Å². The van der Waals surface area contributed by atoms with Crippen LogP contribution in [0.4, 0.5) is 0 Å². The van der Waals surface area contributed by atoms with Crippen molar-refractivity contribution in [1.29, 1.82) is 5.26 Å². The Balaban J connectivity index is 2.50. The van der Waals surface area contributed by atoms with Crippen molar-refractivity contribution in [2.45, 2.75) is 0 Å². The monoisotopic (exact) mass is 276 g/mol. The molecule has 0 aliphatic rings. The Bertz CT molecular complexity index is 612. The lowest BCUT2D eigenvalue weighted by Crippen LogP contribution is -2.12. The van der Waals surface area contributed by atoms with E-state index < -0.39 is 5.56 Å². The van der Waals surface area contributed by atoms with Gasteiger partial charge in [-0.05, 0) is 28.1 Å². The highest BCUT2D eigenvalue weighted by atomic mass is 79.9. The molecule has 2 aromatic rings. The van der Waals surface area contributed by atoms with Crippen LogP contribution in [-0.4, -0.2) is 15.0 Å². The smallest absolute Gasteiger partial charge is 0.269 e. The maximum atomic E-state index is 11.4. The van der Waals surface area contributed by atoms with Crippen LogP contribution in [0.3, 0.4) is 0 Å². The number of rotatable bonds is 1. The van der Waals surface area contributed by atoms with Crippen molar-refractivity contribution in [3.8, 4) is 17.6 Å². The molecule has 2 rings (SSSR count). The van der Waals surface area contributed by atoms with Crippen molar-refractivity contribution in [1.82, 2.24) is 15.0 Å². The third kappa shape index (κ3) is 1.99. The molecule has 2 aromatic heterocycles. The molecule has 0 unspecified atom stereocenters. The van der Waals surface area contributed by atoms with Crippen molar-refractivity contribution >= 4 is 15.9 Å². The van der Waals surface area contributed by atoms with Crippen molar-refractivity contribution < 1.29 is 0 Å². The second kappa shape index (κ2) is 4.24. The van der Waals surface area contributed by atoms with Gasteiger partial charge in [0.25, 0.3) is 5.56 Å². The zero-order valence-corrected chi connectivity index (χ0v) is 9.52. The molecule has 0 saturated carbocycles. The van der Waals surface area contributed by atoms with Gasteiger partial charge < -0.3 is 4.98 Å². The molecule has 6 heteroatoms. The van der Waals surface area contributed by atoms with Gasteiger partial charge in [-0.25, -0.2) is 4.98 Å². The standard InChI is InChI=1S/C10H5BrN4O/c11-7-1-2-8(13-5-7)9-14-4-6(3-12)10(16)15-9/h1-2,4-5H,(H,14,15,16). The SMILES string of the molecule is N#Cc1cnc(-c2ccc(Br)cn2)[nH]c1=O. The van der Waals surface area contributed by atoms with E-state index in [1.165, 1.54) is 6.20 Å². The molecule has 0 bridgehead atoms. The predicted molar refractivity (Wildman–Crippen MR) is 60.5 cm³/mol. The Morgan fingerprint density at radius 3 is 2.69 bits per heavy atom. The summed E-state index contributed by atoms with van der Waals surface area (Å²) in [7, 11) is 0. The van der Waals surface area contributed by atoms with Crippen LogP contribution in [0, 0.1) is 11.3 Å². The first-order valence-corrected chi connectivity index (χ1v) is 5.11. The van der Waals surface area contributed by atoms with Crippen LogP contribution in [0.5, 0.6) is 0 Å². The van der Waals surface area contributed by atoms with Gasteiger partial charge in [0.15, 0.2) is 5.82 Å². The molecule has 78 valence electrons. The molecule has 5 nitrogen and oxygen atoms in total. The fourth-order valence-corrected chi connectivity index (χ4v) is 1.36. The molecule has 16 heavy (non-hydrogen) atoms. The summed E-state index contributed by atoms with van der Waals surface area (Å²) in [5.41, 5.74) is 0.0721. The first-order valence-electron chi connectivity index (χ1n) is 4.32. The highest BCUT2D eigenvalue weighted by Crippen LogP contribution is 2.13. The lowest BCUT2D eigenvalue weighted by atomic mass is 10.3. The van der Waals surface area contributed by atoms with Gasteiger partial charge in [0.1, 0.15) is 17.3 Å². The van der Waals surface area contributed by atoms with Gasteiger partial charge in [0, 0.05) is 10.7 Å². The van der Waals surface area contributed by atoms with Crippen LogP contribution < -0.4 is 5.56 Å². The van der Waals surface area contributed by atoms with Crippen LogP contribution in [-0.2, 0) is 0 Å². The Hall–Kier alpha value is -2.00. The van der Waals surface area contributed by atoms with E-state index in [2.05, 4.69) is 30.9 Å². The number of halogens is 1. The van der Waals surface area contributed by atoms with Gasteiger partial charge >= 0.3 is 0 Å². The minimum atomic E-state index is -0.461. The summed E-state index contributed by atoms with van der Waals surface area (Å²) in [5.74, 6) is 0.344. The second-order valence-corrected chi connectivity index (χ2v) is 3.86. The predicted octanol–water partition coefficient (Wildman–Crippen LogP) is 1.47. The summed E-state index contributed by atoms with van der Waals surface area (Å²) in [5, 5.41) is 8.58. The normalized spacial score (nSPS) is 9.75. The molecule has 0 aliphatic carbocycles. The number of H-pyrrole nitrogens is 1. The maximum absolute atomic E-state index is 11.4. The Labute approximate surface area is 98.9 Å². The van der Waals surface area contributed by atoms with Crippen LogP contribution in [0.25, 0.3) is 11.5 Å². The van der Waals surface area contributed by atoms with E-state index in [1.54, 1.807) is 24.4 Å². The number of nitriles is 1. The zero-order chi connectivity index (χ0) is 11.5. The molecule has 1 N–H and O–H groups in total. The average molecular weight is 277 g/mol. The maximum Gasteiger partial charge on any atom is 0.269 e. The summed E-state index contributed by atoms with van der Waals surface area (Å²) in [6.45, 7) is 0. The van der Waals surface area contributed by atoms with Crippen molar-refractivity contribution in [3.63, 3.8) is 0 Å². The summed E-state index contributed by atoms with van der Waals surface area (Å²) in [4.78, 5) is 21.9. The minimum absolute atomic E-state index is 0.0131. The summed E-state index contributed by atoms with van der Waals surface area (Å²) < 4.78 is 0.840. The van der Waals surface area contributed by atoms with Crippen LogP contribution in [0.2, 0.25) is 0 Å². The van der Waals surface area contributed by atoms with E-state index in [9.17, 15) is 4.79 Å². The van der Waals surface area contributed by atoms with E-state index in [1.807, 2.05) is 0 Å². The van der Waals surface area contributed by atoms with Gasteiger partial charge in [0.2, 0.25) is 0 Å². The number of aromatic amines is 1. The molecule has 0 amide bonds. The van der Waals surface area contributed by atoms with Crippen LogP contribution in [0.1, 0.15) is 5.56 Å². The lowest BCUT2D eigenvalue weighted by Gasteiger charge is -1.99. The number of nitrogens with zero attached hydrogens (tertiary/aromatic N) is 3. The quantitative estimate of drug-likeness (QED) is 0.855. The van der Waals surface area contributed by atoms with E-state index in [0.29, 0.717) is 11.5 Å². The van der Waals surface area contributed by atoms with E-state index in [4.69, 9.17) is 5.26 Å². The molecule has 0 aromatic carbocycles. The van der Waals surface area contributed by atoms with Gasteiger partial charge in [-0.1, -0.05) is 0 Å². The average Bonchev–Trinajstić information content (AvgIpc) is 2.30. The summed E-state index contributed by atoms with van der Waals surface area (Å²) >= 11 is 3.26. The number of hydrogen-bond donors (Lipinski definition) is 1. The number of hydrogen-bond acceptors (Lipinski definition) is 4. The zero-order valence-electron chi connectivity index (χ0n) is 7.94. The molecule has 0 radical (unpaired) electrons. The van der Waals surface area contributed by atoms with Crippen LogP contribution >= 0.6 is 15.9 Å². The third-order valence-corrected chi connectivity index (χ3v) is 2.36. The first-order chi connectivity index (χ1) is 7.70. The van der Waals surface area contributed by atoms with Crippen LogP contribution in [0.15, 0.2) is 33.8 Å². The van der Waals surface area contributed by atoms with Gasteiger partial charge in [-0.2, -0.15) is 5.26 Å². The Morgan fingerprint density at radius 2 is 2.12 bits per heavy atom. The number of pyridine rings is 1. The van der Waals surface area contributed by atoms with Crippen molar-refractivity contribution in [2.24, 2.45) is 0 Å². The minimum Gasteiger partial charge on any atom is -0.304 e. The van der Waals surface area contributed by atoms with E-state index in [0.717, 1.165) is 4.47 Å². The molecule has 0 fully saturated rings. The van der Waals surface area contributed by atoms with E-state index in [-0.39, 0.29) is 5.56 Å². The second-order valence-electron chi connectivity index (χ2n) is 2.95. The molecular formula is C10H5BrN4O. The lowest BCUT2D eigenvalue weighted by molar-refractivity contribution is 1.09. The van der Waals surface area contributed by atoms with Crippen molar-refractivity contribution in [3.05, 3.63) is 44.9 Å². The fourth-order valence-electron chi connectivity index (χ4n) is 1.12.